The van der Waals surface area contributed by atoms with Gasteiger partial charge in [0, 0.05) is 6.21 Å². The largest absolute Gasteiger partial charge is 0.285 e. The predicted octanol–water partition coefficient (Wildman–Crippen LogP) is 5.19. The van der Waals surface area contributed by atoms with E-state index in [4.69, 9.17) is 4.99 Å². The third-order valence-electron chi connectivity index (χ3n) is 3.13. The van der Waals surface area contributed by atoms with Crippen molar-refractivity contribution in [1.82, 2.24) is 0 Å². The van der Waals surface area contributed by atoms with Gasteiger partial charge in [-0.25, -0.2) is 0 Å². The fourth-order valence-electron chi connectivity index (χ4n) is 2.09. The highest BCUT2D eigenvalue weighted by molar-refractivity contribution is 5.82. The molecule has 0 aliphatic heterocycles. The SMILES string of the molecule is C=C/C=C\C(=C/C)C(CCC)N=CC1=CCCC=C1. The Morgan fingerprint density at radius 3 is 2.89 bits per heavy atom. The summed E-state index contributed by atoms with van der Waals surface area (Å²) in [6, 6.07) is 0.252. The fraction of sp³-hybridized carbons (Fsp3) is 0.389. The Morgan fingerprint density at radius 2 is 2.32 bits per heavy atom. The lowest BCUT2D eigenvalue weighted by Gasteiger charge is -2.13. The van der Waals surface area contributed by atoms with Crippen LogP contribution in [0.25, 0.3) is 0 Å². The minimum Gasteiger partial charge on any atom is -0.285 e. The zero-order chi connectivity index (χ0) is 13.9. The second-order valence-corrected chi connectivity index (χ2v) is 4.65. The molecule has 0 N–H and O–H groups in total. The molecule has 0 spiro atoms. The molecule has 1 heteroatoms. The quantitative estimate of drug-likeness (QED) is 0.438. The van der Waals surface area contributed by atoms with Crippen LogP contribution in [-0.2, 0) is 0 Å². The number of nitrogens with zero attached hydrogens (tertiary/aromatic N) is 1. The molecule has 0 radical (unpaired) electrons. The lowest BCUT2D eigenvalue weighted by molar-refractivity contribution is 0.688. The van der Waals surface area contributed by atoms with Crippen molar-refractivity contribution in [3.05, 3.63) is 60.3 Å². The first-order chi connectivity index (χ1) is 9.31. The number of allylic oxidation sites excluding steroid dienone is 7. The first-order valence-electron chi connectivity index (χ1n) is 7.17. The summed E-state index contributed by atoms with van der Waals surface area (Å²) in [6.07, 6.45) is 21.2. The average molecular weight is 255 g/mol. The van der Waals surface area contributed by atoms with Gasteiger partial charge < -0.3 is 0 Å². The van der Waals surface area contributed by atoms with E-state index in [1.165, 1.54) is 11.1 Å². The standard InChI is InChI=1S/C18H25N/c1-4-7-14-17(6-3)18(11-5-2)19-15-16-12-9-8-10-13-16/h4,6-7,9,12-15,18H,1,5,8,10-11H2,2-3H3/b14-7-,17-6+,19-15?. The monoisotopic (exact) mass is 255 g/mol. The summed E-state index contributed by atoms with van der Waals surface area (Å²) in [6.45, 7) is 7.99. The van der Waals surface area contributed by atoms with Crippen molar-refractivity contribution in [3.63, 3.8) is 0 Å². The summed E-state index contributed by atoms with van der Waals surface area (Å²) in [5, 5.41) is 0. The third kappa shape index (κ3) is 5.69. The van der Waals surface area contributed by atoms with Crippen LogP contribution in [0.5, 0.6) is 0 Å². The molecule has 102 valence electrons. The molecule has 0 aromatic heterocycles. The Labute approximate surface area is 117 Å². The molecule has 1 rings (SSSR count). The minimum absolute atomic E-state index is 0.252. The first kappa shape index (κ1) is 15.4. The predicted molar refractivity (Wildman–Crippen MR) is 86.7 cm³/mol. The molecule has 0 heterocycles. The van der Waals surface area contributed by atoms with Crippen LogP contribution in [0.3, 0.4) is 0 Å². The van der Waals surface area contributed by atoms with Crippen LogP contribution in [0.1, 0.15) is 39.5 Å². The maximum absolute atomic E-state index is 4.76. The van der Waals surface area contributed by atoms with E-state index in [1.807, 2.05) is 18.4 Å². The molecular formula is C18H25N. The van der Waals surface area contributed by atoms with E-state index in [9.17, 15) is 0 Å². The first-order valence-corrected chi connectivity index (χ1v) is 7.17. The summed E-state index contributed by atoms with van der Waals surface area (Å²) in [4.78, 5) is 4.76. The van der Waals surface area contributed by atoms with E-state index in [1.54, 1.807) is 0 Å². The Kier molecular flexibility index (Phi) is 7.57. The molecule has 0 aromatic rings. The zero-order valence-corrected chi connectivity index (χ0v) is 12.2. The summed E-state index contributed by atoms with van der Waals surface area (Å²) < 4.78 is 0. The van der Waals surface area contributed by atoms with Gasteiger partial charge in [-0.15, -0.1) is 0 Å². The van der Waals surface area contributed by atoms with E-state index < -0.39 is 0 Å². The number of hydrogen-bond donors (Lipinski definition) is 0. The Bertz CT molecular complexity index is 419. The normalized spacial score (nSPS) is 18.0. The highest BCUT2D eigenvalue weighted by Crippen LogP contribution is 2.16. The van der Waals surface area contributed by atoms with E-state index in [2.05, 4.69) is 50.8 Å². The molecule has 0 saturated carbocycles. The molecular weight excluding hydrogens is 230 g/mol. The van der Waals surface area contributed by atoms with Crippen molar-refractivity contribution in [2.75, 3.05) is 0 Å². The number of rotatable bonds is 7. The Hall–Kier alpha value is -1.63. The van der Waals surface area contributed by atoms with Gasteiger partial charge in [0.1, 0.15) is 0 Å². The lowest BCUT2D eigenvalue weighted by atomic mass is 10.0. The van der Waals surface area contributed by atoms with Gasteiger partial charge in [0.15, 0.2) is 0 Å². The molecule has 1 atom stereocenters. The molecule has 19 heavy (non-hydrogen) atoms. The molecule has 1 aliphatic rings. The van der Waals surface area contributed by atoms with Crippen LogP contribution in [0.4, 0.5) is 0 Å². The molecule has 0 aromatic carbocycles. The van der Waals surface area contributed by atoms with Crippen LogP contribution in [-0.4, -0.2) is 12.3 Å². The van der Waals surface area contributed by atoms with E-state index in [0.717, 1.165) is 25.7 Å². The zero-order valence-electron chi connectivity index (χ0n) is 12.2. The van der Waals surface area contributed by atoms with E-state index in [-0.39, 0.29) is 6.04 Å². The molecule has 0 saturated heterocycles. The van der Waals surface area contributed by atoms with Gasteiger partial charge in [-0.05, 0) is 37.3 Å². The maximum Gasteiger partial charge on any atom is 0.0745 e. The van der Waals surface area contributed by atoms with Crippen LogP contribution in [0.15, 0.2) is 65.2 Å². The number of aliphatic imine (C=N–C) groups is 1. The van der Waals surface area contributed by atoms with Crippen LogP contribution in [0.2, 0.25) is 0 Å². The Balaban J connectivity index is 2.78. The van der Waals surface area contributed by atoms with Crippen molar-refractivity contribution >= 4 is 6.21 Å². The second kappa shape index (κ2) is 9.32. The minimum atomic E-state index is 0.252. The van der Waals surface area contributed by atoms with Gasteiger partial charge in [0.25, 0.3) is 0 Å². The van der Waals surface area contributed by atoms with Gasteiger partial charge in [0.05, 0.1) is 6.04 Å². The van der Waals surface area contributed by atoms with Crippen LogP contribution < -0.4 is 0 Å². The van der Waals surface area contributed by atoms with Gasteiger partial charge in [-0.1, -0.05) is 62.5 Å². The van der Waals surface area contributed by atoms with Crippen LogP contribution in [0, 0.1) is 0 Å². The highest BCUT2D eigenvalue weighted by Gasteiger charge is 2.08. The molecule has 1 unspecified atom stereocenters. The highest BCUT2D eigenvalue weighted by atomic mass is 14.8. The third-order valence-corrected chi connectivity index (χ3v) is 3.13. The van der Waals surface area contributed by atoms with Crippen molar-refractivity contribution in [1.29, 1.82) is 0 Å². The fourth-order valence-corrected chi connectivity index (χ4v) is 2.09. The number of hydrogen-bond acceptors (Lipinski definition) is 1. The summed E-state index contributed by atoms with van der Waals surface area (Å²) >= 11 is 0. The van der Waals surface area contributed by atoms with Gasteiger partial charge in [0.2, 0.25) is 0 Å². The van der Waals surface area contributed by atoms with Gasteiger partial charge in [-0.3, -0.25) is 4.99 Å². The van der Waals surface area contributed by atoms with Crippen molar-refractivity contribution < 1.29 is 0 Å². The van der Waals surface area contributed by atoms with Crippen molar-refractivity contribution in [3.8, 4) is 0 Å². The van der Waals surface area contributed by atoms with Crippen molar-refractivity contribution in [2.24, 2.45) is 4.99 Å². The second-order valence-electron chi connectivity index (χ2n) is 4.65. The molecule has 1 aliphatic carbocycles. The van der Waals surface area contributed by atoms with Crippen LogP contribution >= 0.6 is 0 Å². The van der Waals surface area contributed by atoms with Gasteiger partial charge in [-0.2, -0.15) is 0 Å². The van der Waals surface area contributed by atoms with Crippen molar-refractivity contribution in [2.45, 2.75) is 45.6 Å². The summed E-state index contributed by atoms with van der Waals surface area (Å²) in [7, 11) is 0. The maximum atomic E-state index is 4.76. The molecule has 0 fully saturated rings. The molecule has 0 bridgehead atoms. The average Bonchev–Trinajstić information content (AvgIpc) is 2.46. The molecule has 0 amide bonds. The smallest absolute Gasteiger partial charge is 0.0745 e. The Morgan fingerprint density at radius 1 is 1.47 bits per heavy atom. The summed E-state index contributed by atoms with van der Waals surface area (Å²) in [5.74, 6) is 0. The van der Waals surface area contributed by atoms with Gasteiger partial charge >= 0.3 is 0 Å². The topological polar surface area (TPSA) is 12.4 Å². The molecule has 1 nitrogen and oxygen atoms in total. The summed E-state index contributed by atoms with van der Waals surface area (Å²) in [5.41, 5.74) is 2.49. The lowest BCUT2D eigenvalue weighted by Crippen LogP contribution is -2.07. The van der Waals surface area contributed by atoms with E-state index in [0.29, 0.717) is 0 Å². The van der Waals surface area contributed by atoms with E-state index >= 15 is 0 Å².